The maximum Gasteiger partial charge on any atom is 0.240 e. The van der Waals surface area contributed by atoms with E-state index in [9.17, 15) is 4.79 Å². The van der Waals surface area contributed by atoms with Gasteiger partial charge in [0.05, 0.1) is 6.54 Å². The molecular weight excluding hydrogens is 212 g/mol. The molecule has 0 radical (unpaired) electrons. The van der Waals surface area contributed by atoms with Crippen molar-refractivity contribution < 1.29 is 4.79 Å². The van der Waals surface area contributed by atoms with Crippen LogP contribution in [0.3, 0.4) is 0 Å². The van der Waals surface area contributed by atoms with Crippen molar-refractivity contribution in [2.24, 2.45) is 0 Å². The summed E-state index contributed by atoms with van der Waals surface area (Å²) in [5.74, 6) is 0.106. The summed E-state index contributed by atoms with van der Waals surface area (Å²) in [4.78, 5) is 13.5. The summed E-state index contributed by atoms with van der Waals surface area (Å²) in [7, 11) is 0. The fraction of sp³-hybridized carbons (Fsp3) is 0.364. The van der Waals surface area contributed by atoms with Crippen LogP contribution in [-0.2, 0) is 4.79 Å². The molecule has 1 heterocycles. The van der Waals surface area contributed by atoms with Gasteiger partial charge < -0.3 is 10.2 Å². The second kappa shape index (κ2) is 4.64. The van der Waals surface area contributed by atoms with E-state index in [0.717, 1.165) is 25.2 Å². The summed E-state index contributed by atoms with van der Waals surface area (Å²) < 4.78 is 0. The van der Waals surface area contributed by atoms with E-state index < -0.39 is 0 Å². The van der Waals surface area contributed by atoms with Crippen LogP contribution in [-0.4, -0.2) is 25.5 Å². The average molecular weight is 225 g/mol. The van der Waals surface area contributed by atoms with E-state index in [1.54, 1.807) is 4.90 Å². The molecule has 80 valence electrons. The van der Waals surface area contributed by atoms with Crippen molar-refractivity contribution >= 4 is 23.2 Å². The molecule has 1 aliphatic rings. The Morgan fingerprint density at radius 1 is 1.40 bits per heavy atom. The number of carbonyl (C=O) groups is 1. The van der Waals surface area contributed by atoms with E-state index in [1.165, 1.54) is 0 Å². The fourth-order valence-corrected chi connectivity index (χ4v) is 1.88. The van der Waals surface area contributed by atoms with Crippen LogP contribution in [0.1, 0.15) is 6.42 Å². The zero-order valence-corrected chi connectivity index (χ0v) is 9.13. The van der Waals surface area contributed by atoms with Crippen LogP contribution in [0.5, 0.6) is 0 Å². The van der Waals surface area contributed by atoms with Crippen molar-refractivity contribution in [3.8, 4) is 0 Å². The smallest absolute Gasteiger partial charge is 0.240 e. The van der Waals surface area contributed by atoms with Gasteiger partial charge in [-0.25, -0.2) is 0 Å². The van der Waals surface area contributed by atoms with Gasteiger partial charge in [-0.15, -0.1) is 0 Å². The van der Waals surface area contributed by atoms with Gasteiger partial charge in [0.2, 0.25) is 5.91 Å². The number of anilines is 1. The predicted molar refractivity (Wildman–Crippen MR) is 61.3 cm³/mol. The molecule has 1 aliphatic heterocycles. The Hall–Kier alpha value is -1.06. The lowest BCUT2D eigenvalue weighted by atomic mass is 10.2. The van der Waals surface area contributed by atoms with Gasteiger partial charge >= 0.3 is 0 Å². The molecule has 1 aromatic carbocycles. The molecule has 1 aromatic rings. The Labute approximate surface area is 94.0 Å². The van der Waals surface area contributed by atoms with E-state index in [-0.39, 0.29) is 5.91 Å². The van der Waals surface area contributed by atoms with E-state index >= 15 is 0 Å². The first kappa shape index (κ1) is 10.5. The first-order valence-corrected chi connectivity index (χ1v) is 5.42. The zero-order valence-electron chi connectivity index (χ0n) is 8.37. The zero-order chi connectivity index (χ0) is 10.7. The van der Waals surface area contributed by atoms with Crippen LogP contribution in [0.2, 0.25) is 5.02 Å². The summed E-state index contributed by atoms with van der Waals surface area (Å²) in [5, 5.41) is 3.75. The van der Waals surface area contributed by atoms with Gasteiger partial charge in [-0.1, -0.05) is 17.7 Å². The lowest BCUT2D eigenvalue weighted by Gasteiger charge is -2.20. The Bertz CT molecular complexity index is 367. The van der Waals surface area contributed by atoms with E-state index in [1.807, 2.05) is 24.3 Å². The van der Waals surface area contributed by atoms with Crippen LogP contribution in [0, 0.1) is 0 Å². The lowest BCUT2D eigenvalue weighted by molar-refractivity contribution is -0.117. The van der Waals surface area contributed by atoms with E-state index in [0.29, 0.717) is 11.6 Å². The Balaban J connectivity index is 2.24. The predicted octanol–water partition coefficient (Wildman–Crippen LogP) is 1.67. The molecule has 4 heteroatoms. The highest BCUT2D eigenvalue weighted by atomic mass is 35.5. The number of carbonyl (C=O) groups excluding carboxylic acids is 1. The van der Waals surface area contributed by atoms with Crippen molar-refractivity contribution in [1.82, 2.24) is 5.32 Å². The number of hydrogen-bond acceptors (Lipinski definition) is 2. The number of amides is 1. The quantitative estimate of drug-likeness (QED) is 0.787. The van der Waals surface area contributed by atoms with E-state index in [4.69, 9.17) is 11.6 Å². The third kappa shape index (κ3) is 2.49. The molecule has 0 aliphatic carbocycles. The maximum absolute atomic E-state index is 11.7. The van der Waals surface area contributed by atoms with Crippen molar-refractivity contribution in [3.05, 3.63) is 29.3 Å². The SMILES string of the molecule is O=C1CNCCCN1c1cccc(Cl)c1. The van der Waals surface area contributed by atoms with Crippen molar-refractivity contribution in [3.63, 3.8) is 0 Å². The number of hydrogen-bond donors (Lipinski definition) is 1. The minimum atomic E-state index is 0.106. The fourth-order valence-electron chi connectivity index (χ4n) is 1.69. The number of halogens is 1. The Kier molecular flexibility index (Phi) is 3.23. The third-order valence-electron chi connectivity index (χ3n) is 2.43. The van der Waals surface area contributed by atoms with E-state index in [2.05, 4.69) is 5.32 Å². The molecule has 15 heavy (non-hydrogen) atoms. The van der Waals surface area contributed by atoms with Gasteiger partial charge in [0.25, 0.3) is 0 Å². The average Bonchev–Trinajstić information content (AvgIpc) is 2.43. The second-order valence-electron chi connectivity index (χ2n) is 3.56. The summed E-state index contributed by atoms with van der Waals surface area (Å²) in [6.45, 7) is 2.06. The maximum atomic E-state index is 11.7. The van der Waals surface area contributed by atoms with Crippen LogP contribution in [0.15, 0.2) is 24.3 Å². The summed E-state index contributed by atoms with van der Waals surface area (Å²) in [6.07, 6.45) is 0.970. The number of rotatable bonds is 1. The van der Waals surface area contributed by atoms with Crippen LogP contribution >= 0.6 is 11.6 Å². The molecule has 1 saturated heterocycles. The lowest BCUT2D eigenvalue weighted by Crippen LogP contribution is -2.34. The molecule has 3 nitrogen and oxygen atoms in total. The van der Waals surface area contributed by atoms with Gasteiger partial charge in [-0.2, -0.15) is 0 Å². The molecule has 0 aromatic heterocycles. The number of benzene rings is 1. The largest absolute Gasteiger partial charge is 0.311 e. The van der Waals surface area contributed by atoms with Crippen LogP contribution in [0.25, 0.3) is 0 Å². The number of nitrogens with one attached hydrogen (secondary N) is 1. The molecule has 0 saturated carbocycles. The first-order chi connectivity index (χ1) is 7.27. The monoisotopic (exact) mass is 224 g/mol. The van der Waals surface area contributed by atoms with Gasteiger partial charge in [-0.05, 0) is 31.2 Å². The molecule has 2 rings (SSSR count). The molecule has 1 N–H and O–H groups in total. The minimum absolute atomic E-state index is 0.106. The van der Waals surface area contributed by atoms with Crippen LogP contribution in [0.4, 0.5) is 5.69 Å². The van der Waals surface area contributed by atoms with Crippen molar-refractivity contribution in [2.75, 3.05) is 24.5 Å². The van der Waals surface area contributed by atoms with Gasteiger partial charge in [-0.3, -0.25) is 4.79 Å². The molecule has 0 spiro atoms. The third-order valence-corrected chi connectivity index (χ3v) is 2.67. The molecule has 1 amide bonds. The van der Waals surface area contributed by atoms with Gasteiger partial charge in [0.15, 0.2) is 0 Å². The standard InChI is InChI=1S/C11H13ClN2O/c12-9-3-1-4-10(7-9)14-6-2-5-13-8-11(14)15/h1,3-4,7,13H,2,5-6,8H2. The van der Waals surface area contributed by atoms with Gasteiger partial charge in [0, 0.05) is 17.3 Å². The molecule has 0 bridgehead atoms. The molecule has 1 fully saturated rings. The van der Waals surface area contributed by atoms with Gasteiger partial charge in [0.1, 0.15) is 0 Å². The number of nitrogens with zero attached hydrogens (tertiary/aromatic N) is 1. The van der Waals surface area contributed by atoms with Crippen LogP contribution < -0.4 is 10.2 Å². The summed E-state index contributed by atoms with van der Waals surface area (Å²) >= 11 is 5.90. The highest BCUT2D eigenvalue weighted by Gasteiger charge is 2.17. The molecular formula is C11H13ClN2O. The second-order valence-corrected chi connectivity index (χ2v) is 3.99. The van der Waals surface area contributed by atoms with Crippen molar-refractivity contribution in [2.45, 2.75) is 6.42 Å². The first-order valence-electron chi connectivity index (χ1n) is 5.04. The Morgan fingerprint density at radius 2 is 2.27 bits per heavy atom. The molecule has 0 atom stereocenters. The Morgan fingerprint density at radius 3 is 3.07 bits per heavy atom. The summed E-state index contributed by atoms with van der Waals surface area (Å²) in [5.41, 5.74) is 0.885. The molecule has 0 unspecified atom stereocenters. The normalized spacial score (nSPS) is 17.7. The highest BCUT2D eigenvalue weighted by Crippen LogP contribution is 2.20. The minimum Gasteiger partial charge on any atom is -0.311 e. The van der Waals surface area contributed by atoms with Crippen molar-refractivity contribution in [1.29, 1.82) is 0 Å². The summed E-state index contributed by atoms with van der Waals surface area (Å²) in [6, 6.07) is 7.41. The highest BCUT2D eigenvalue weighted by molar-refractivity contribution is 6.30. The topological polar surface area (TPSA) is 32.3 Å².